The standard InChI is InChI=1S/C19H25N3O2S/c1-12-9-10-18(25-12)14(3)22(5)19(24)20-13(2)16-7-6-8-17(11-16)21-15(4)23/h6-11,13-14H,1-5H3,(H,20,24)(H,21,23)/t13-,14+/m1/s1. The third kappa shape index (κ3) is 5.06. The molecule has 0 spiro atoms. The van der Waals surface area contributed by atoms with Gasteiger partial charge in [-0.05, 0) is 50.6 Å². The maximum atomic E-state index is 12.6. The first kappa shape index (κ1) is 19.0. The molecule has 5 nitrogen and oxygen atoms in total. The van der Waals surface area contributed by atoms with Crippen molar-refractivity contribution in [2.45, 2.75) is 39.8 Å². The van der Waals surface area contributed by atoms with Crippen LogP contribution in [0.4, 0.5) is 10.5 Å². The van der Waals surface area contributed by atoms with Crippen LogP contribution in [0.5, 0.6) is 0 Å². The topological polar surface area (TPSA) is 61.4 Å². The van der Waals surface area contributed by atoms with Gasteiger partial charge in [-0.15, -0.1) is 11.3 Å². The molecule has 0 fully saturated rings. The summed E-state index contributed by atoms with van der Waals surface area (Å²) in [5.41, 5.74) is 1.66. The van der Waals surface area contributed by atoms with E-state index in [0.717, 1.165) is 16.1 Å². The van der Waals surface area contributed by atoms with E-state index in [1.807, 2.05) is 38.1 Å². The predicted molar refractivity (Wildman–Crippen MR) is 103 cm³/mol. The SMILES string of the molecule is CC(=O)Nc1cccc([C@@H](C)NC(=O)N(C)[C@@H](C)c2ccc(C)s2)c1. The van der Waals surface area contributed by atoms with Crippen LogP contribution in [0.1, 0.15) is 48.2 Å². The molecular weight excluding hydrogens is 334 g/mol. The molecule has 2 atom stereocenters. The fraction of sp³-hybridized carbons (Fsp3) is 0.368. The number of aryl methyl sites for hydroxylation is 1. The van der Waals surface area contributed by atoms with Crippen molar-refractivity contribution in [3.63, 3.8) is 0 Å². The molecule has 3 amide bonds. The minimum absolute atomic E-state index is 0.0108. The summed E-state index contributed by atoms with van der Waals surface area (Å²) in [5.74, 6) is -0.117. The van der Waals surface area contributed by atoms with Crippen LogP contribution in [0.2, 0.25) is 0 Å². The van der Waals surface area contributed by atoms with Gasteiger partial charge in [0.25, 0.3) is 0 Å². The van der Waals surface area contributed by atoms with Crippen LogP contribution in [0, 0.1) is 6.92 Å². The Hall–Kier alpha value is -2.34. The molecule has 6 heteroatoms. The van der Waals surface area contributed by atoms with Crippen LogP contribution in [0.15, 0.2) is 36.4 Å². The Morgan fingerprint density at radius 3 is 2.48 bits per heavy atom. The molecular formula is C19H25N3O2S. The lowest BCUT2D eigenvalue weighted by Gasteiger charge is -2.26. The highest BCUT2D eigenvalue weighted by Crippen LogP contribution is 2.26. The third-order valence-electron chi connectivity index (χ3n) is 4.12. The van der Waals surface area contributed by atoms with E-state index in [9.17, 15) is 9.59 Å². The summed E-state index contributed by atoms with van der Waals surface area (Å²) in [7, 11) is 1.80. The van der Waals surface area contributed by atoms with Crippen LogP contribution >= 0.6 is 11.3 Å². The quantitative estimate of drug-likeness (QED) is 0.827. The zero-order chi connectivity index (χ0) is 18.6. The van der Waals surface area contributed by atoms with Gasteiger partial charge in [-0.2, -0.15) is 0 Å². The molecule has 0 saturated carbocycles. The summed E-state index contributed by atoms with van der Waals surface area (Å²) in [6.45, 7) is 7.48. The first-order valence-corrected chi connectivity index (χ1v) is 9.06. The number of hydrogen-bond donors (Lipinski definition) is 2. The average molecular weight is 359 g/mol. The first-order chi connectivity index (χ1) is 11.8. The number of amides is 3. The van der Waals surface area contributed by atoms with Crippen molar-refractivity contribution in [2.75, 3.05) is 12.4 Å². The molecule has 1 heterocycles. The number of hydrogen-bond acceptors (Lipinski definition) is 3. The monoisotopic (exact) mass is 359 g/mol. The Balaban J connectivity index is 2.02. The number of nitrogens with one attached hydrogen (secondary N) is 2. The van der Waals surface area contributed by atoms with Crippen molar-refractivity contribution in [3.8, 4) is 0 Å². The molecule has 0 saturated heterocycles. The van der Waals surface area contributed by atoms with Gasteiger partial charge in [0.2, 0.25) is 5.91 Å². The van der Waals surface area contributed by atoms with Gasteiger partial charge < -0.3 is 15.5 Å². The summed E-state index contributed by atoms with van der Waals surface area (Å²) in [5, 5.41) is 5.77. The molecule has 0 bridgehead atoms. The van der Waals surface area contributed by atoms with Crippen molar-refractivity contribution < 1.29 is 9.59 Å². The van der Waals surface area contributed by atoms with Crippen LogP contribution in [0.25, 0.3) is 0 Å². The van der Waals surface area contributed by atoms with E-state index in [0.29, 0.717) is 0 Å². The molecule has 2 aromatic rings. The summed E-state index contributed by atoms with van der Waals surface area (Å²) in [6, 6.07) is 11.3. The van der Waals surface area contributed by atoms with Crippen LogP contribution in [-0.2, 0) is 4.79 Å². The molecule has 0 radical (unpaired) electrons. The maximum absolute atomic E-state index is 12.6. The summed E-state index contributed by atoms with van der Waals surface area (Å²) >= 11 is 1.70. The second-order valence-corrected chi connectivity index (χ2v) is 7.53. The van der Waals surface area contributed by atoms with Gasteiger partial charge >= 0.3 is 6.03 Å². The van der Waals surface area contributed by atoms with Crippen molar-refractivity contribution in [1.82, 2.24) is 10.2 Å². The maximum Gasteiger partial charge on any atom is 0.318 e. The lowest BCUT2D eigenvalue weighted by molar-refractivity contribution is -0.114. The first-order valence-electron chi connectivity index (χ1n) is 8.25. The number of thiophene rings is 1. The number of benzene rings is 1. The second kappa shape index (κ2) is 8.16. The molecule has 2 N–H and O–H groups in total. The van der Waals surface area contributed by atoms with Gasteiger partial charge in [0.15, 0.2) is 0 Å². The van der Waals surface area contributed by atoms with Gasteiger partial charge in [-0.25, -0.2) is 4.79 Å². The molecule has 0 aliphatic heterocycles. The van der Waals surface area contributed by atoms with Gasteiger partial charge in [-0.3, -0.25) is 4.79 Å². The van der Waals surface area contributed by atoms with E-state index in [1.165, 1.54) is 11.8 Å². The zero-order valence-corrected chi connectivity index (χ0v) is 16.1. The van der Waals surface area contributed by atoms with Crippen LogP contribution in [0.3, 0.4) is 0 Å². The minimum atomic E-state index is -0.166. The lowest BCUT2D eigenvalue weighted by atomic mass is 10.1. The largest absolute Gasteiger partial charge is 0.331 e. The van der Waals surface area contributed by atoms with E-state index in [-0.39, 0.29) is 24.0 Å². The number of urea groups is 1. The van der Waals surface area contributed by atoms with Gasteiger partial charge in [0.1, 0.15) is 0 Å². The van der Waals surface area contributed by atoms with Crippen LogP contribution < -0.4 is 10.6 Å². The van der Waals surface area contributed by atoms with E-state index >= 15 is 0 Å². The number of carbonyl (C=O) groups excluding carboxylic acids is 2. The zero-order valence-electron chi connectivity index (χ0n) is 15.3. The summed E-state index contributed by atoms with van der Waals surface area (Å²) in [6.07, 6.45) is 0. The van der Waals surface area contributed by atoms with Gasteiger partial charge in [-0.1, -0.05) is 12.1 Å². The van der Waals surface area contributed by atoms with E-state index in [4.69, 9.17) is 0 Å². The highest BCUT2D eigenvalue weighted by molar-refractivity contribution is 7.12. The Labute approximate surface area is 153 Å². The molecule has 25 heavy (non-hydrogen) atoms. The number of carbonyl (C=O) groups is 2. The molecule has 0 unspecified atom stereocenters. The molecule has 1 aromatic carbocycles. The van der Waals surface area contributed by atoms with Crippen molar-refractivity contribution in [1.29, 1.82) is 0 Å². The predicted octanol–water partition coefficient (Wildman–Crippen LogP) is 4.48. The van der Waals surface area contributed by atoms with Crippen molar-refractivity contribution >= 4 is 29.0 Å². The van der Waals surface area contributed by atoms with Crippen LogP contribution in [-0.4, -0.2) is 23.9 Å². The summed E-state index contributed by atoms with van der Waals surface area (Å²) in [4.78, 5) is 27.9. The summed E-state index contributed by atoms with van der Waals surface area (Å²) < 4.78 is 0. The number of nitrogens with zero attached hydrogens (tertiary/aromatic N) is 1. The van der Waals surface area contributed by atoms with Gasteiger partial charge in [0, 0.05) is 29.4 Å². The fourth-order valence-electron chi connectivity index (χ4n) is 2.50. The van der Waals surface area contributed by atoms with Gasteiger partial charge in [0.05, 0.1) is 12.1 Å². The third-order valence-corrected chi connectivity index (χ3v) is 5.29. The lowest BCUT2D eigenvalue weighted by Crippen LogP contribution is -2.39. The molecule has 1 aromatic heterocycles. The minimum Gasteiger partial charge on any atom is -0.331 e. The normalized spacial score (nSPS) is 13.0. The Bertz CT molecular complexity index is 757. The highest BCUT2D eigenvalue weighted by Gasteiger charge is 2.20. The van der Waals surface area contributed by atoms with E-state index < -0.39 is 0 Å². The Morgan fingerprint density at radius 1 is 1.16 bits per heavy atom. The van der Waals surface area contributed by atoms with Crippen molar-refractivity contribution in [3.05, 3.63) is 51.7 Å². The Kier molecular flexibility index (Phi) is 6.20. The highest BCUT2D eigenvalue weighted by atomic mass is 32.1. The van der Waals surface area contributed by atoms with E-state index in [1.54, 1.807) is 23.3 Å². The van der Waals surface area contributed by atoms with E-state index in [2.05, 4.69) is 29.7 Å². The molecule has 0 aliphatic rings. The number of anilines is 1. The molecule has 0 aliphatic carbocycles. The Morgan fingerprint density at radius 2 is 1.88 bits per heavy atom. The number of rotatable bonds is 5. The smallest absolute Gasteiger partial charge is 0.318 e. The average Bonchev–Trinajstić information content (AvgIpc) is 2.99. The van der Waals surface area contributed by atoms with Crippen molar-refractivity contribution in [2.24, 2.45) is 0 Å². The fourth-order valence-corrected chi connectivity index (χ4v) is 3.48. The molecule has 134 valence electrons. The second-order valence-electron chi connectivity index (χ2n) is 6.21. The molecule has 2 rings (SSSR count).